The van der Waals surface area contributed by atoms with Gasteiger partial charge < -0.3 is 15.0 Å². The Morgan fingerprint density at radius 3 is 2.71 bits per heavy atom. The first-order valence-corrected chi connectivity index (χ1v) is 10.3. The topological polar surface area (TPSA) is 88.7 Å². The average molecular weight is 421 g/mol. The number of quaternary nitrogens is 1. The lowest BCUT2D eigenvalue weighted by Crippen LogP contribution is -2.85. The Labute approximate surface area is 171 Å². The highest BCUT2D eigenvalue weighted by molar-refractivity contribution is 7.20. The number of fused-ring (bicyclic) bond motifs is 1. The first-order valence-electron chi connectivity index (χ1n) is 9.13. The molecule has 0 saturated heterocycles. The maximum Gasteiger partial charge on any atom is 0.348 e. The molecule has 148 valence electrons. The number of nitrogens with zero attached hydrogens (tertiary/aromatic N) is 1. The number of hydrogen-bond donors (Lipinski definition) is 2. The summed E-state index contributed by atoms with van der Waals surface area (Å²) in [6.45, 7) is 7.82. The molecule has 3 N–H and O–H groups in total. The fourth-order valence-electron chi connectivity index (χ4n) is 3.24. The third-order valence-corrected chi connectivity index (χ3v) is 6.19. The predicted molar refractivity (Wildman–Crippen MR) is 111 cm³/mol. The number of nitrogens with two attached hydrogens (primary N) is 1. The van der Waals surface area contributed by atoms with Crippen molar-refractivity contribution in [2.45, 2.75) is 39.8 Å². The summed E-state index contributed by atoms with van der Waals surface area (Å²) in [6, 6.07) is 7.69. The molecule has 2 aromatic heterocycles. The first-order chi connectivity index (χ1) is 13.3. The number of benzene rings is 1. The van der Waals surface area contributed by atoms with Crippen LogP contribution in [0.1, 0.15) is 59.5 Å². The summed E-state index contributed by atoms with van der Waals surface area (Å²) in [4.78, 5) is 33.2. The van der Waals surface area contributed by atoms with Crippen molar-refractivity contribution in [1.29, 1.82) is 0 Å². The monoisotopic (exact) mass is 420 g/mol. The van der Waals surface area contributed by atoms with Gasteiger partial charge in [-0.1, -0.05) is 29.8 Å². The van der Waals surface area contributed by atoms with E-state index in [4.69, 9.17) is 16.3 Å². The molecule has 3 rings (SSSR count). The molecule has 0 aliphatic carbocycles. The van der Waals surface area contributed by atoms with Gasteiger partial charge in [0, 0.05) is 10.6 Å². The molecule has 0 saturated carbocycles. The smallest absolute Gasteiger partial charge is 0.348 e. The zero-order chi connectivity index (χ0) is 20.4. The lowest BCUT2D eigenvalue weighted by atomic mass is 10.1. The number of aryl methyl sites for hydroxylation is 1. The molecule has 2 atom stereocenters. The maximum atomic E-state index is 12.7. The molecular weight excluding hydrogens is 398 g/mol. The largest absolute Gasteiger partial charge is 0.462 e. The molecule has 0 spiro atoms. The van der Waals surface area contributed by atoms with E-state index in [1.165, 1.54) is 11.3 Å². The molecule has 0 aliphatic heterocycles. The zero-order valence-corrected chi connectivity index (χ0v) is 17.8. The second kappa shape index (κ2) is 8.43. The van der Waals surface area contributed by atoms with E-state index in [1.807, 2.05) is 31.2 Å². The van der Waals surface area contributed by atoms with Crippen LogP contribution in [0, 0.1) is 6.92 Å². The normalized spacial score (nSPS) is 13.5. The summed E-state index contributed by atoms with van der Waals surface area (Å²) in [6.07, 6.45) is 0. The van der Waals surface area contributed by atoms with E-state index >= 15 is 0 Å². The zero-order valence-electron chi connectivity index (χ0n) is 16.2. The van der Waals surface area contributed by atoms with E-state index in [9.17, 15) is 9.59 Å². The molecule has 0 amide bonds. The quantitative estimate of drug-likeness (QED) is 0.597. The van der Waals surface area contributed by atoms with Gasteiger partial charge >= 0.3 is 5.97 Å². The van der Waals surface area contributed by atoms with Crippen molar-refractivity contribution in [2.75, 3.05) is 6.61 Å². The molecule has 1 aromatic carbocycles. The van der Waals surface area contributed by atoms with Crippen molar-refractivity contribution >= 4 is 39.1 Å². The Bertz CT molecular complexity index is 1080. The Kier molecular flexibility index (Phi) is 6.17. The van der Waals surface area contributed by atoms with Crippen LogP contribution >= 0.6 is 22.9 Å². The number of aromatic nitrogens is 2. The summed E-state index contributed by atoms with van der Waals surface area (Å²) in [5.74, 6) is 0.143. The third kappa shape index (κ3) is 3.97. The second-order valence-electron chi connectivity index (χ2n) is 6.70. The predicted octanol–water partition coefficient (Wildman–Crippen LogP) is 3.51. The number of H-pyrrole nitrogens is 1. The lowest BCUT2D eigenvalue weighted by molar-refractivity contribution is -0.729. The number of esters is 1. The van der Waals surface area contributed by atoms with Gasteiger partial charge in [0.25, 0.3) is 5.56 Å². The number of carbonyl (C=O) groups is 1. The maximum absolute atomic E-state index is 12.7. The molecule has 0 unspecified atom stereocenters. The number of nitrogens with one attached hydrogen (secondary N) is 1. The number of thiophene rings is 1. The fourth-order valence-corrected chi connectivity index (χ4v) is 4.63. The highest BCUT2D eigenvalue weighted by Gasteiger charge is 2.23. The Morgan fingerprint density at radius 2 is 2.04 bits per heavy atom. The molecule has 0 fully saturated rings. The van der Waals surface area contributed by atoms with Gasteiger partial charge in [0.1, 0.15) is 21.8 Å². The lowest BCUT2D eigenvalue weighted by Gasteiger charge is -2.17. The number of halogens is 1. The fraction of sp³-hybridized carbons (Fsp3) is 0.350. The van der Waals surface area contributed by atoms with E-state index in [1.54, 1.807) is 13.8 Å². The van der Waals surface area contributed by atoms with Crippen LogP contribution in [0.3, 0.4) is 0 Å². The number of hydrogen-bond acceptors (Lipinski definition) is 5. The number of carbonyl (C=O) groups excluding carboxylic acids is 1. The molecular formula is C20H23ClN3O3S+. The summed E-state index contributed by atoms with van der Waals surface area (Å²) in [7, 11) is 0. The van der Waals surface area contributed by atoms with Gasteiger partial charge in [-0.2, -0.15) is 0 Å². The van der Waals surface area contributed by atoms with E-state index in [0.29, 0.717) is 31.5 Å². The minimum absolute atomic E-state index is 0.0878. The van der Waals surface area contributed by atoms with Gasteiger partial charge in [0.15, 0.2) is 5.82 Å². The highest BCUT2D eigenvalue weighted by atomic mass is 35.5. The molecule has 0 bridgehead atoms. The van der Waals surface area contributed by atoms with E-state index in [2.05, 4.69) is 22.2 Å². The summed E-state index contributed by atoms with van der Waals surface area (Å²) < 4.78 is 5.08. The van der Waals surface area contributed by atoms with Crippen LogP contribution in [0.2, 0.25) is 5.02 Å². The van der Waals surface area contributed by atoms with Gasteiger partial charge in [0.2, 0.25) is 0 Å². The standard InChI is InChI=1S/C20H22ClN3O3S/c1-5-27-20(26)16-10(2)15-18(25)23-17(24-19(15)28-16)12(4)22-11(3)13-8-6-7-9-14(13)21/h6-9,11-12,22H,5H2,1-4H3,(H,23,24,25)/p+1/t11-,12+/m1/s1. The molecule has 0 radical (unpaired) electrons. The van der Waals surface area contributed by atoms with Crippen molar-refractivity contribution < 1.29 is 14.8 Å². The molecule has 6 nitrogen and oxygen atoms in total. The van der Waals surface area contributed by atoms with E-state index < -0.39 is 5.97 Å². The molecule has 2 heterocycles. The van der Waals surface area contributed by atoms with Crippen LogP contribution in [0.15, 0.2) is 29.1 Å². The van der Waals surface area contributed by atoms with Crippen molar-refractivity contribution in [2.24, 2.45) is 0 Å². The molecule has 8 heteroatoms. The van der Waals surface area contributed by atoms with Crippen molar-refractivity contribution in [3.63, 3.8) is 0 Å². The van der Waals surface area contributed by atoms with Crippen molar-refractivity contribution in [3.8, 4) is 0 Å². The minimum atomic E-state index is -0.420. The third-order valence-electron chi connectivity index (χ3n) is 4.68. The Hall–Kier alpha value is -2.22. The van der Waals surface area contributed by atoms with E-state index in [0.717, 1.165) is 5.56 Å². The Balaban J connectivity index is 1.92. The first kappa shape index (κ1) is 20.5. The van der Waals surface area contributed by atoms with Gasteiger partial charge in [-0.05, 0) is 39.3 Å². The van der Waals surface area contributed by atoms with Gasteiger partial charge in [-0.3, -0.25) is 4.79 Å². The van der Waals surface area contributed by atoms with Crippen LogP contribution in [-0.2, 0) is 4.74 Å². The summed E-state index contributed by atoms with van der Waals surface area (Å²) in [5, 5.41) is 3.25. The Morgan fingerprint density at radius 1 is 1.32 bits per heavy atom. The van der Waals surface area contributed by atoms with Crippen LogP contribution in [0.25, 0.3) is 10.2 Å². The number of ether oxygens (including phenoxy) is 1. The van der Waals surface area contributed by atoms with Gasteiger partial charge in [0.05, 0.1) is 12.0 Å². The summed E-state index contributed by atoms with van der Waals surface area (Å²) in [5.41, 5.74) is 1.39. The number of aromatic amines is 1. The molecule has 3 aromatic rings. The SMILES string of the molecule is CCOC(=O)c1sc2nc([C@H](C)[NH2+][C@H](C)c3ccccc3Cl)[nH]c(=O)c2c1C. The second-order valence-corrected chi connectivity index (χ2v) is 8.11. The van der Waals surface area contributed by atoms with Crippen LogP contribution in [-0.4, -0.2) is 22.5 Å². The number of rotatable bonds is 6. The van der Waals surface area contributed by atoms with Crippen molar-refractivity contribution in [1.82, 2.24) is 9.97 Å². The van der Waals surface area contributed by atoms with Gasteiger partial charge in [-0.25, -0.2) is 9.78 Å². The molecule has 0 aliphatic rings. The van der Waals surface area contributed by atoms with E-state index in [-0.39, 0.29) is 24.2 Å². The summed E-state index contributed by atoms with van der Waals surface area (Å²) >= 11 is 7.49. The van der Waals surface area contributed by atoms with Crippen LogP contribution < -0.4 is 10.9 Å². The minimum Gasteiger partial charge on any atom is -0.462 e. The van der Waals surface area contributed by atoms with Gasteiger partial charge in [-0.15, -0.1) is 11.3 Å². The van der Waals surface area contributed by atoms with Crippen LogP contribution in [0.4, 0.5) is 0 Å². The van der Waals surface area contributed by atoms with Crippen molar-refractivity contribution in [3.05, 3.63) is 61.5 Å². The highest BCUT2D eigenvalue weighted by Crippen LogP contribution is 2.28. The van der Waals surface area contributed by atoms with Crippen LogP contribution in [0.5, 0.6) is 0 Å². The molecule has 28 heavy (non-hydrogen) atoms. The average Bonchev–Trinajstić information content (AvgIpc) is 2.99.